The summed E-state index contributed by atoms with van der Waals surface area (Å²) >= 11 is 0. The highest BCUT2D eigenvalue weighted by Crippen LogP contribution is 1.73. The Kier molecular flexibility index (Phi) is 5.89. The monoisotopic (exact) mass is 181 g/mol. The first-order valence-electron chi connectivity index (χ1n) is 3.74. The highest BCUT2D eigenvalue weighted by atomic mass is 16.2. The van der Waals surface area contributed by atoms with Crippen molar-refractivity contribution in [1.29, 1.82) is 5.26 Å². The number of carbonyl (C=O) groups is 2. The smallest absolute Gasteiger partial charge is 0.243 e. The van der Waals surface area contributed by atoms with Crippen molar-refractivity contribution in [3.05, 3.63) is 12.7 Å². The predicted molar refractivity (Wildman–Crippen MR) is 46.4 cm³/mol. The average Bonchev–Trinajstić information content (AvgIpc) is 2.12. The fourth-order valence-electron chi connectivity index (χ4n) is 0.594. The Morgan fingerprint density at radius 1 is 1.38 bits per heavy atom. The molecule has 2 amide bonds. The number of amides is 2. The van der Waals surface area contributed by atoms with Gasteiger partial charge in [-0.1, -0.05) is 6.58 Å². The molecular weight excluding hydrogens is 170 g/mol. The summed E-state index contributed by atoms with van der Waals surface area (Å²) in [4.78, 5) is 21.3. The lowest BCUT2D eigenvalue weighted by molar-refractivity contribution is -0.120. The van der Waals surface area contributed by atoms with E-state index in [2.05, 4.69) is 17.2 Å². The van der Waals surface area contributed by atoms with Gasteiger partial charge in [-0.25, -0.2) is 0 Å². The Balaban J connectivity index is 3.36. The van der Waals surface area contributed by atoms with E-state index in [9.17, 15) is 9.59 Å². The molecule has 0 fully saturated rings. The van der Waals surface area contributed by atoms with Crippen LogP contribution in [-0.2, 0) is 9.59 Å². The van der Waals surface area contributed by atoms with Crippen LogP contribution in [0.4, 0.5) is 0 Å². The Hall–Kier alpha value is -1.83. The molecule has 0 radical (unpaired) electrons. The van der Waals surface area contributed by atoms with Crippen LogP contribution in [-0.4, -0.2) is 24.9 Å². The number of carbonyl (C=O) groups excluding carboxylic acids is 2. The zero-order valence-corrected chi connectivity index (χ0v) is 7.17. The van der Waals surface area contributed by atoms with Crippen LogP contribution in [0.25, 0.3) is 0 Å². The third-order valence-electron chi connectivity index (χ3n) is 1.17. The summed E-state index contributed by atoms with van der Waals surface area (Å²) in [5.41, 5.74) is 0. The first-order valence-corrected chi connectivity index (χ1v) is 3.74. The molecule has 0 aliphatic heterocycles. The molecule has 0 unspecified atom stereocenters. The quantitative estimate of drug-likeness (QED) is 0.435. The number of rotatable bonds is 5. The van der Waals surface area contributed by atoms with Crippen LogP contribution in [0, 0.1) is 11.3 Å². The van der Waals surface area contributed by atoms with E-state index in [0.29, 0.717) is 13.1 Å². The summed E-state index contributed by atoms with van der Waals surface area (Å²) in [6, 6.07) is 1.71. The minimum Gasteiger partial charge on any atom is -0.353 e. The largest absolute Gasteiger partial charge is 0.353 e. The molecule has 0 rings (SSSR count). The Bertz CT molecular complexity index is 242. The van der Waals surface area contributed by atoms with Gasteiger partial charge in [-0.3, -0.25) is 9.59 Å². The van der Waals surface area contributed by atoms with E-state index in [4.69, 9.17) is 5.26 Å². The molecule has 0 saturated carbocycles. The van der Waals surface area contributed by atoms with Gasteiger partial charge in [0.05, 0.1) is 6.07 Å². The second-order valence-electron chi connectivity index (χ2n) is 2.18. The van der Waals surface area contributed by atoms with Gasteiger partial charge in [0.25, 0.3) is 0 Å². The zero-order valence-electron chi connectivity index (χ0n) is 7.17. The lowest BCUT2D eigenvalue weighted by atomic mass is 10.4. The van der Waals surface area contributed by atoms with Crippen LogP contribution in [0.2, 0.25) is 0 Å². The number of nitrogens with one attached hydrogen (secondary N) is 2. The first-order chi connectivity index (χ1) is 6.20. The average molecular weight is 181 g/mol. The van der Waals surface area contributed by atoms with Crippen LogP contribution in [0.3, 0.4) is 0 Å². The third kappa shape index (κ3) is 6.56. The minimum absolute atomic E-state index is 0.157. The molecule has 5 heteroatoms. The normalized spacial score (nSPS) is 8.23. The summed E-state index contributed by atoms with van der Waals surface area (Å²) in [7, 11) is 0. The molecule has 0 atom stereocenters. The lowest BCUT2D eigenvalue weighted by Crippen LogP contribution is -2.33. The highest BCUT2D eigenvalue weighted by molar-refractivity contribution is 5.86. The van der Waals surface area contributed by atoms with Crippen LogP contribution < -0.4 is 10.6 Å². The van der Waals surface area contributed by atoms with Crippen LogP contribution >= 0.6 is 0 Å². The van der Waals surface area contributed by atoms with Gasteiger partial charge in [0.1, 0.15) is 6.42 Å². The summed E-state index contributed by atoms with van der Waals surface area (Å²) < 4.78 is 0. The van der Waals surface area contributed by atoms with Gasteiger partial charge in [-0.05, 0) is 6.08 Å². The highest BCUT2D eigenvalue weighted by Gasteiger charge is 1.98. The maximum absolute atomic E-state index is 10.7. The molecule has 0 aromatic carbocycles. The van der Waals surface area contributed by atoms with Crippen molar-refractivity contribution >= 4 is 11.8 Å². The van der Waals surface area contributed by atoms with E-state index in [1.165, 1.54) is 0 Å². The fraction of sp³-hybridized carbons (Fsp3) is 0.375. The molecule has 0 spiro atoms. The maximum Gasteiger partial charge on any atom is 0.243 e. The first kappa shape index (κ1) is 11.2. The van der Waals surface area contributed by atoms with E-state index in [1.54, 1.807) is 6.07 Å². The molecule has 13 heavy (non-hydrogen) atoms. The summed E-state index contributed by atoms with van der Waals surface area (Å²) in [5, 5.41) is 13.1. The van der Waals surface area contributed by atoms with Crippen molar-refractivity contribution in [2.45, 2.75) is 6.42 Å². The standard InChI is InChI=1S/C8H11N3O2/c1-2-7(12)10-5-6-11-8(13)3-4-9/h2H,1,3,5-6H2,(H,10,12)(H,11,13). The predicted octanol–water partition coefficient (Wildman–Crippen LogP) is -0.682. The van der Waals surface area contributed by atoms with E-state index >= 15 is 0 Å². The Morgan fingerprint density at radius 2 is 2.00 bits per heavy atom. The van der Waals surface area contributed by atoms with Gasteiger partial charge < -0.3 is 10.6 Å². The number of nitrogens with zero attached hydrogens (tertiary/aromatic N) is 1. The lowest BCUT2D eigenvalue weighted by Gasteiger charge is -2.02. The number of hydrogen-bond acceptors (Lipinski definition) is 3. The Morgan fingerprint density at radius 3 is 2.54 bits per heavy atom. The second-order valence-corrected chi connectivity index (χ2v) is 2.18. The molecule has 70 valence electrons. The summed E-state index contributed by atoms with van der Waals surface area (Å²) in [6.07, 6.45) is 0.993. The number of nitriles is 1. The Labute approximate surface area is 76.4 Å². The van der Waals surface area contributed by atoms with E-state index in [1.807, 2.05) is 0 Å². The second kappa shape index (κ2) is 6.85. The molecule has 0 aliphatic rings. The van der Waals surface area contributed by atoms with Gasteiger partial charge in [-0.15, -0.1) is 0 Å². The maximum atomic E-state index is 10.7. The van der Waals surface area contributed by atoms with Crippen LogP contribution in [0.15, 0.2) is 12.7 Å². The van der Waals surface area contributed by atoms with Gasteiger partial charge in [0, 0.05) is 13.1 Å². The van der Waals surface area contributed by atoms with Crippen molar-refractivity contribution in [1.82, 2.24) is 10.6 Å². The zero-order chi connectivity index (χ0) is 10.1. The molecule has 5 nitrogen and oxygen atoms in total. The van der Waals surface area contributed by atoms with Gasteiger partial charge >= 0.3 is 0 Å². The molecule has 0 bridgehead atoms. The van der Waals surface area contributed by atoms with Crippen molar-refractivity contribution in [2.75, 3.05) is 13.1 Å². The molecule has 0 aromatic rings. The molecular formula is C8H11N3O2. The molecule has 0 aromatic heterocycles. The van der Waals surface area contributed by atoms with Crippen LogP contribution in [0.1, 0.15) is 6.42 Å². The van der Waals surface area contributed by atoms with Gasteiger partial charge in [0.15, 0.2) is 0 Å². The van der Waals surface area contributed by atoms with Crippen molar-refractivity contribution in [2.24, 2.45) is 0 Å². The van der Waals surface area contributed by atoms with Gasteiger partial charge in [-0.2, -0.15) is 5.26 Å². The minimum atomic E-state index is -0.338. The van der Waals surface area contributed by atoms with E-state index < -0.39 is 0 Å². The fourth-order valence-corrected chi connectivity index (χ4v) is 0.594. The van der Waals surface area contributed by atoms with Crippen LogP contribution in [0.5, 0.6) is 0 Å². The summed E-state index contributed by atoms with van der Waals surface area (Å²) in [6.45, 7) is 3.92. The van der Waals surface area contributed by atoms with E-state index in [-0.39, 0.29) is 18.2 Å². The molecule has 0 saturated heterocycles. The van der Waals surface area contributed by atoms with Crippen molar-refractivity contribution < 1.29 is 9.59 Å². The SMILES string of the molecule is C=CC(=O)NCCNC(=O)CC#N. The van der Waals surface area contributed by atoms with Crippen molar-refractivity contribution in [3.8, 4) is 6.07 Å². The van der Waals surface area contributed by atoms with Crippen molar-refractivity contribution in [3.63, 3.8) is 0 Å². The van der Waals surface area contributed by atoms with E-state index in [0.717, 1.165) is 6.08 Å². The molecule has 0 aliphatic carbocycles. The molecule has 0 heterocycles. The van der Waals surface area contributed by atoms with Gasteiger partial charge in [0.2, 0.25) is 11.8 Å². The topological polar surface area (TPSA) is 82.0 Å². The number of hydrogen-bond donors (Lipinski definition) is 2. The molecule has 2 N–H and O–H groups in total. The summed E-state index contributed by atoms with van der Waals surface area (Å²) in [5.74, 6) is -0.620. The third-order valence-corrected chi connectivity index (χ3v) is 1.17.